The van der Waals surface area contributed by atoms with Crippen molar-refractivity contribution in [2.24, 2.45) is 11.1 Å². The number of ketones is 1. The van der Waals surface area contributed by atoms with E-state index in [1.807, 2.05) is 25.3 Å². The minimum absolute atomic E-state index is 0.0113. The molecule has 2 heterocycles. The third-order valence-corrected chi connectivity index (χ3v) is 7.97. The molecule has 33 heavy (non-hydrogen) atoms. The van der Waals surface area contributed by atoms with Gasteiger partial charge in [-0.3, -0.25) is 19.8 Å². The number of nitro groups is 1. The fraction of sp³-hybridized carbons (Fsp3) is 0.333. The molecule has 170 valence electrons. The Morgan fingerprint density at radius 1 is 1.36 bits per heavy atom. The largest absolute Gasteiger partial charge is 0.384 e. The van der Waals surface area contributed by atoms with E-state index in [9.17, 15) is 20.2 Å². The highest BCUT2D eigenvalue weighted by atomic mass is 32.2. The number of nitrogens with zero attached hydrogens (tertiary/aromatic N) is 3. The van der Waals surface area contributed by atoms with Crippen molar-refractivity contribution in [1.29, 1.82) is 5.26 Å². The van der Waals surface area contributed by atoms with E-state index in [1.165, 1.54) is 23.5 Å². The number of benzene rings is 1. The van der Waals surface area contributed by atoms with Gasteiger partial charge in [-0.15, -0.1) is 23.1 Å². The molecule has 0 saturated heterocycles. The molecule has 1 atom stereocenters. The number of rotatable bonds is 5. The van der Waals surface area contributed by atoms with E-state index in [4.69, 9.17) is 5.73 Å². The van der Waals surface area contributed by atoms with Gasteiger partial charge in [0, 0.05) is 39.6 Å². The van der Waals surface area contributed by atoms with Crippen LogP contribution in [0.3, 0.4) is 0 Å². The molecule has 0 amide bonds. The number of carbonyl (C=O) groups excluding carboxylic acids is 1. The van der Waals surface area contributed by atoms with Gasteiger partial charge in [0.2, 0.25) is 0 Å². The minimum atomic E-state index is -0.530. The smallest absolute Gasteiger partial charge is 0.271 e. The van der Waals surface area contributed by atoms with E-state index >= 15 is 0 Å². The minimum Gasteiger partial charge on any atom is -0.384 e. The van der Waals surface area contributed by atoms with E-state index in [0.717, 1.165) is 21.2 Å². The van der Waals surface area contributed by atoms with Crippen LogP contribution >= 0.6 is 23.1 Å². The fourth-order valence-electron chi connectivity index (χ4n) is 4.61. The summed E-state index contributed by atoms with van der Waals surface area (Å²) in [7, 11) is 0. The normalized spacial score (nSPS) is 20.0. The summed E-state index contributed by atoms with van der Waals surface area (Å²) < 4.78 is 0. The quantitative estimate of drug-likeness (QED) is 0.331. The first-order valence-corrected chi connectivity index (χ1v) is 12.5. The van der Waals surface area contributed by atoms with Crippen LogP contribution in [0.5, 0.6) is 0 Å². The van der Waals surface area contributed by atoms with Gasteiger partial charge < -0.3 is 5.73 Å². The molecule has 0 bridgehead atoms. The van der Waals surface area contributed by atoms with Gasteiger partial charge in [-0.1, -0.05) is 26.8 Å². The van der Waals surface area contributed by atoms with Crippen molar-refractivity contribution >= 4 is 40.3 Å². The van der Waals surface area contributed by atoms with Crippen molar-refractivity contribution in [3.8, 4) is 6.07 Å². The maximum atomic E-state index is 13.6. The highest BCUT2D eigenvalue weighted by Gasteiger charge is 2.45. The lowest BCUT2D eigenvalue weighted by atomic mass is 9.69. The zero-order valence-electron chi connectivity index (χ0n) is 18.6. The molecular weight excluding hydrogens is 456 g/mol. The van der Waals surface area contributed by atoms with E-state index < -0.39 is 10.8 Å². The summed E-state index contributed by atoms with van der Waals surface area (Å²) in [5.74, 6) is 0.540. The molecule has 4 rings (SSSR count). The monoisotopic (exact) mass is 480 g/mol. The topological polar surface area (TPSA) is 113 Å². The van der Waals surface area contributed by atoms with Crippen LogP contribution in [-0.2, 0) is 4.79 Å². The number of hydrogen-bond acceptors (Lipinski definition) is 8. The number of thioether (sulfide) groups is 1. The third-order valence-electron chi connectivity index (χ3n) is 5.90. The summed E-state index contributed by atoms with van der Waals surface area (Å²) in [6, 6.07) is 10.4. The molecule has 1 aliphatic carbocycles. The number of hydrogen-bond donors (Lipinski definition) is 1. The summed E-state index contributed by atoms with van der Waals surface area (Å²) in [4.78, 5) is 28.2. The molecule has 1 aromatic carbocycles. The zero-order chi connectivity index (χ0) is 23.9. The fourth-order valence-corrected chi connectivity index (χ4v) is 6.66. The molecular formula is C24H24N4O3S2. The van der Waals surface area contributed by atoms with Crippen LogP contribution in [0.2, 0.25) is 0 Å². The highest BCUT2D eigenvalue weighted by molar-refractivity contribution is 7.99. The summed E-state index contributed by atoms with van der Waals surface area (Å²) in [6.07, 6.45) is 0.930. The van der Waals surface area contributed by atoms with Crippen LogP contribution in [0, 0.1) is 26.9 Å². The third kappa shape index (κ3) is 4.05. The van der Waals surface area contributed by atoms with Gasteiger partial charge in [0.1, 0.15) is 5.82 Å². The zero-order valence-corrected chi connectivity index (χ0v) is 20.3. The Balaban J connectivity index is 1.99. The Labute approximate surface area is 200 Å². The second kappa shape index (κ2) is 8.69. The van der Waals surface area contributed by atoms with Crippen LogP contribution < -0.4 is 10.6 Å². The van der Waals surface area contributed by atoms with Gasteiger partial charge >= 0.3 is 0 Å². The second-order valence-electron chi connectivity index (χ2n) is 8.84. The summed E-state index contributed by atoms with van der Waals surface area (Å²) in [5.41, 5.74) is 8.30. The average molecular weight is 481 g/mol. The number of nitrogens with two attached hydrogens (primary N) is 1. The van der Waals surface area contributed by atoms with Crippen molar-refractivity contribution < 1.29 is 9.72 Å². The number of Topliss-reactive ketones (excluding diaryl/α,β-unsaturated/α-hetero) is 1. The maximum Gasteiger partial charge on any atom is 0.271 e. The van der Waals surface area contributed by atoms with Gasteiger partial charge in [0.15, 0.2) is 5.78 Å². The first-order chi connectivity index (χ1) is 15.7. The van der Waals surface area contributed by atoms with Gasteiger partial charge in [-0.25, -0.2) is 0 Å². The van der Waals surface area contributed by atoms with Crippen LogP contribution in [0.25, 0.3) is 0 Å². The molecule has 9 heteroatoms. The molecule has 0 spiro atoms. The first-order valence-electron chi connectivity index (χ1n) is 10.6. The number of non-ortho nitro benzene ring substituents is 1. The van der Waals surface area contributed by atoms with Crippen LogP contribution in [0.1, 0.15) is 44.4 Å². The Morgan fingerprint density at radius 2 is 2.12 bits per heavy atom. The summed E-state index contributed by atoms with van der Waals surface area (Å²) in [6.45, 7) is 6.11. The van der Waals surface area contributed by atoms with Gasteiger partial charge in [0.25, 0.3) is 5.69 Å². The molecule has 2 N–H and O–H groups in total. The Morgan fingerprint density at radius 3 is 2.79 bits per heavy atom. The van der Waals surface area contributed by atoms with Crippen LogP contribution in [0.4, 0.5) is 11.4 Å². The van der Waals surface area contributed by atoms with Crippen molar-refractivity contribution in [2.45, 2.75) is 44.4 Å². The molecule has 0 saturated carbocycles. The molecule has 0 fully saturated rings. The standard InChI is InChI=1S/C24H24N4O3S2/c1-4-32-19-8-9-33-22(19)20-16(13-25)23(26)27(14-6-5-7-15(10-14)28(30)31)17-11-24(2,3)12-18(29)21(17)20/h5-10,20H,4,11-12,26H2,1-3H3/t20-/m1/s1. The molecule has 0 radical (unpaired) electrons. The number of nitro benzene ring substituents is 1. The molecule has 2 aliphatic rings. The number of allylic oxidation sites excluding steroid dienone is 3. The van der Waals surface area contributed by atoms with Crippen LogP contribution in [-0.4, -0.2) is 16.5 Å². The van der Waals surface area contributed by atoms with Crippen molar-refractivity contribution in [3.63, 3.8) is 0 Å². The summed E-state index contributed by atoms with van der Waals surface area (Å²) >= 11 is 3.20. The average Bonchev–Trinajstić information content (AvgIpc) is 3.20. The lowest BCUT2D eigenvalue weighted by Gasteiger charge is -2.43. The highest BCUT2D eigenvalue weighted by Crippen LogP contribution is 2.52. The lowest BCUT2D eigenvalue weighted by molar-refractivity contribution is -0.384. The van der Waals surface area contributed by atoms with Gasteiger partial charge in [-0.05, 0) is 35.1 Å². The number of anilines is 1. The van der Waals surface area contributed by atoms with E-state index in [-0.39, 0.29) is 22.7 Å². The summed E-state index contributed by atoms with van der Waals surface area (Å²) in [5, 5.41) is 23.6. The van der Waals surface area contributed by atoms with Crippen molar-refractivity contribution in [1.82, 2.24) is 0 Å². The number of thiophene rings is 1. The van der Waals surface area contributed by atoms with Crippen molar-refractivity contribution in [3.05, 3.63) is 73.4 Å². The number of carbonyl (C=O) groups is 1. The number of nitriles is 1. The van der Waals surface area contributed by atoms with E-state index in [0.29, 0.717) is 29.7 Å². The van der Waals surface area contributed by atoms with E-state index in [2.05, 4.69) is 13.0 Å². The second-order valence-corrected chi connectivity index (χ2v) is 11.1. The molecule has 7 nitrogen and oxygen atoms in total. The van der Waals surface area contributed by atoms with Gasteiger partial charge in [-0.2, -0.15) is 5.26 Å². The lowest BCUT2D eigenvalue weighted by Crippen LogP contribution is -2.42. The molecule has 0 unspecified atom stereocenters. The molecule has 1 aromatic heterocycles. The van der Waals surface area contributed by atoms with Crippen LogP contribution in [0.15, 0.2) is 63.3 Å². The molecule has 2 aromatic rings. The van der Waals surface area contributed by atoms with E-state index in [1.54, 1.807) is 28.8 Å². The molecule has 1 aliphatic heterocycles. The van der Waals surface area contributed by atoms with Gasteiger partial charge in [0.05, 0.1) is 28.2 Å². The maximum absolute atomic E-state index is 13.6. The predicted octanol–water partition coefficient (Wildman–Crippen LogP) is 5.71. The predicted molar refractivity (Wildman–Crippen MR) is 131 cm³/mol. The van der Waals surface area contributed by atoms with Crippen molar-refractivity contribution in [2.75, 3.05) is 10.7 Å². The Bertz CT molecular complexity index is 1250. The Kier molecular flexibility index (Phi) is 6.08. The SMILES string of the molecule is CCSc1ccsc1[C@@H]1C(C#N)=C(N)N(c2cccc([N+](=O)[O-])c2)C2=C1C(=O)CC(C)(C)C2. The first kappa shape index (κ1) is 23.1. The Hall–Kier alpha value is -3.09.